The van der Waals surface area contributed by atoms with E-state index in [2.05, 4.69) is 0 Å². The van der Waals surface area contributed by atoms with Gasteiger partial charge in [0.05, 0.1) is 11.8 Å². The smallest absolute Gasteiger partial charge is 0.405 e. The summed E-state index contributed by atoms with van der Waals surface area (Å²) in [5.74, 6) is 0.481. The molecule has 6 nitrogen and oxygen atoms in total. The minimum atomic E-state index is -0.609. The lowest BCUT2D eigenvalue weighted by Gasteiger charge is -1.92. The molecule has 0 radical (unpaired) electrons. The van der Waals surface area contributed by atoms with E-state index in [0.717, 1.165) is 11.8 Å². The molecule has 0 aliphatic heterocycles. The van der Waals surface area contributed by atoms with Crippen molar-refractivity contribution in [3.63, 3.8) is 0 Å². The quantitative estimate of drug-likeness (QED) is 0.360. The molecule has 0 amide bonds. The van der Waals surface area contributed by atoms with Crippen molar-refractivity contribution in [2.75, 3.05) is 0 Å². The number of nitrogens with two attached hydrogens (primary N) is 1. The maximum absolute atomic E-state index is 10.2. The van der Waals surface area contributed by atoms with Gasteiger partial charge in [-0.3, -0.25) is 15.5 Å². The summed E-state index contributed by atoms with van der Waals surface area (Å²) in [6.07, 6.45) is 0. The Morgan fingerprint density at radius 1 is 1.71 bits per heavy atom. The van der Waals surface area contributed by atoms with Crippen LogP contribution in [0, 0.1) is 15.5 Å². The Hall–Kier alpha value is -1.21. The van der Waals surface area contributed by atoms with Gasteiger partial charge in [0.1, 0.15) is 10.7 Å². The highest BCUT2D eigenvalue weighted by molar-refractivity contribution is 8.13. The Kier molecular flexibility index (Phi) is 5.03. The zero-order chi connectivity index (χ0) is 9.84. The zero-order valence-electron chi connectivity index (χ0n) is 6.93. The number of nitrogens with one attached hydrogen (secondary N) is 1. The van der Waals surface area contributed by atoms with E-state index in [-0.39, 0.29) is 23.5 Å². The van der Waals surface area contributed by atoms with Crippen LogP contribution in [0.5, 0.6) is 0 Å². The predicted octanol–water partition coefficient (Wildman–Crippen LogP) is 1.74. The van der Waals surface area contributed by atoms with Gasteiger partial charge in [0.2, 0.25) is 0 Å². The summed E-state index contributed by atoms with van der Waals surface area (Å²) in [4.78, 5) is 9.58. The first-order valence-corrected chi connectivity index (χ1v) is 4.28. The fourth-order valence-corrected chi connectivity index (χ4v) is 1.14. The standard InChI is InChI=1S/C6H7N3O3S.ClH/c7-6(8)13-3-4-1-2-5(12-4)9(10)11;/h1-2H,3H2,(H3,7,8);1H. The van der Waals surface area contributed by atoms with Crippen molar-refractivity contribution in [2.45, 2.75) is 5.75 Å². The van der Waals surface area contributed by atoms with E-state index in [1.807, 2.05) is 0 Å². The largest absolute Gasteiger partial charge is 0.433 e. The number of rotatable bonds is 3. The molecule has 0 saturated heterocycles. The van der Waals surface area contributed by atoms with Gasteiger partial charge in [0.15, 0.2) is 5.17 Å². The molecule has 0 aliphatic carbocycles. The molecule has 0 atom stereocenters. The first-order valence-electron chi connectivity index (χ1n) is 3.29. The highest BCUT2D eigenvalue weighted by atomic mass is 35.5. The molecule has 8 heteroatoms. The third-order valence-corrected chi connectivity index (χ3v) is 1.94. The minimum absolute atomic E-state index is 0. The van der Waals surface area contributed by atoms with Crippen LogP contribution in [0.3, 0.4) is 0 Å². The Morgan fingerprint density at radius 2 is 2.36 bits per heavy atom. The second kappa shape index (κ2) is 5.51. The molecule has 1 aromatic rings. The van der Waals surface area contributed by atoms with Crippen molar-refractivity contribution in [3.05, 3.63) is 28.0 Å². The van der Waals surface area contributed by atoms with E-state index in [4.69, 9.17) is 15.6 Å². The topological polar surface area (TPSA) is 106 Å². The summed E-state index contributed by atoms with van der Waals surface area (Å²) in [6, 6.07) is 2.77. The van der Waals surface area contributed by atoms with E-state index in [1.54, 1.807) is 0 Å². The maximum Gasteiger partial charge on any atom is 0.433 e. The first-order chi connectivity index (χ1) is 6.09. The third kappa shape index (κ3) is 3.67. The first kappa shape index (κ1) is 12.8. The van der Waals surface area contributed by atoms with Gasteiger partial charge in [-0.2, -0.15) is 0 Å². The zero-order valence-corrected chi connectivity index (χ0v) is 8.56. The number of nitrogens with zero attached hydrogens (tertiary/aromatic N) is 1. The molecule has 1 heterocycles. The van der Waals surface area contributed by atoms with Crippen LogP contribution in [0.1, 0.15) is 5.76 Å². The normalized spacial score (nSPS) is 9.14. The number of hydrogen-bond donors (Lipinski definition) is 2. The lowest BCUT2D eigenvalue weighted by molar-refractivity contribution is -0.402. The van der Waals surface area contributed by atoms with Gasteiger partial charge in [-0.05, 0) is 6.07 Å². The molecule has 0 spiro atoms. The molecule has 78 valence electrons. The van der Waals surface area contributed by atoms with Gasteiger partial charge < -0.3 is 10.2 Å². The predicted molar refractivity (Wildman–Crippen MR) is 55.8 cm³/mol. The van der Waals surface area contributed by atoms with Crippen LogP contribution in [0.25, 0.3) is 0 Å². The lowest BCUT2D eigenvalue weighted by Crippen LogP contribution is -2.03. The fraction of sp³-hybridized carbons (Fsp3) is 0.167. The van der Waals surface area contributed by atoms with Gasteiger partial charge >= 0.3 is 5.88 Å². The molecule has 0 aromatic carbocycles. The van der Waals surface area contributed by atoms with E-state index in [0.29, 0.717) is 11.5 Å². The molecule has 3 N–H and O–H groups in total. The number of amidine groups is 1. The molecule has 0 unspecified atom stereocenters. The molecule has 1 aromatic heterocycles. The van der Waals surface area contributed by atoms with Crippen molar-refractivity contribution in [2.24, 2.45) is 5.73 Å². The van der Waals surface area contributed by atoms with Gasteiger partial charge in [-0.25, -0.2) is 0 Å². The summed E-state index contributed by atoms with van der Waals surface area (Å²) in [7, 11) is 0. The van der Waals surface area contributed by atoms with Crippen molar-refractivity contribution < 1.29 is 9.34 Å². The van der Waals surface area contributed by atoms with Crippen LogP contribution in [0.4, 0.5) is 5.88 Å². The average molecular weight is 238 g/mol. The van der Waals surface area contributed by atoms with Crippen LogP contribution in [0.2, 0.25) is 0 Å². The highest BCUT2D eigenvalue weighted by Crippen LogP contribution is 2.19. The molecular weight excluding hydrogens is 230 g/mol. The third-order valence-electron chi connectivity index (χ3n) is 1.20. The molecule has 0 bridgehead atoms. The fourth-order valence-electron chi connectivity index (χ4n) is 0.691. The number of hydrogen-bond acceptors (Lipinski definition) is 5. The van der Waals surface area contributed by atoms with Gasteiger partial charge in [-0.15, -0.1) is 12.4 Å². The van der Waals surface area contributed by atoms with Gasteiger partial charge in [-0.1, -0.05) is 11.8 Å². The molecule has 0 fully saturated rings. The number of thioether (sulfide) groups is 1. The lowest BCUT2D eigenvalue weighted by atomic mass is 10.5. The Balaban J connectivity index is 0.00000169. The van der Waals surface area contributed by atoms with Crippen LogP contribution in [0.15, 0.2) is 16.5 Å². The summed E-state index contributed by atoms with van der Waals surface area (Å²) < 4.78 is 4.82. The minimum Gasteiger partial charge on any atom is -0.405 e. The number of furan rings is 1. The summed E-state index contributed by atoms with van der Waals surface area (Å²) in [5, 5.41) is 17.0. The SMILES string of the molecule is Cl.N=C(N)SCc1ccc([N+](=O)[O-])o1. The van der Waals surface area contributed by atoms with Crippen molar-refractivity contribution in [3.8, 4) is 0 Å². The number of halogens is 1. The highest BCUT2D eigenvalue weighted by Gasteiger charge is 2.11. The molecule has 0 saturated carbocycles. The molecule has 14 heavy (non-hydrogen) atoms. The van der Waals surface area contributed by atoms with Crippen LogP contribution in [-0.2, 0) is 5.75 Å². The van der Waals surface area contributed by atoms with E-state index < -0.39 is 4.92 Å². The van der Waals surface area contributed by atoms with Crippen molar-refractivity contribution >= 4 is 35.2 Å². The van der Waals surface area contributed by atoms with E-state index in [9.17, 15) is 10.1 Å². The Labute approximate surface area is 89.9 Å². The summed E-state index contributed by atoms with van der Waals surface area (Å²) in [5.41, 5.74) is 5.08. The van der Waals surface area contributed by atoms with Crippen molar-refractivity contribution in [1.29, 1.82) is 5.41 Å². The molecule has 0 aliphatic rings. The molecular formula is C6H8ClN3O3S. The van der Waals surface area contributed by atoms with Gasteiger partial charge in [0.25, 0.3) is 0 Å². The van der Waals surface area contributed by atoms with Crippen LogP contribution >= 0.6 is 24.2 Å². The Bertz CT molecular complexity index is 341. The van der Waals surface area contributed by atoms with E-state index in [1.165, 1.54) is 12.1 Å². The average Bonchev–Trinajstić information content (AvgIpc) is 2.48. The maximum atomic E-state index is 10.2. The Morgan fingerprint density at radius 3 is 2.79 bits per heavy atom. The van der Waals surface area contributed by atoms with Crippen LogP contribution < -0.4 is 5.73 Å². The summed E-state index contributed by atoms with van der Waals surface area (Å²) >= 11 is 1.05. The monoisotopic (exact) mass is 237 g/mol. The molecule has 1 rings (SSSR count). The summed E-state index contributed by atoms with van der Waals surface area (Å²) in [6.45, 7) is 0. The van der Waals surface area contributed by atoms with Crippen molar-refractivity contribution in [1.82, 2.24) is 0 Å². The van der Waals surface area contributed by atoms with Crippen LogP contribution in [-0.4, -0.2) is 10.1 Å². The number of nitro groups is 1. The van der Waals surface area contributed by atoms with Gasteiger partial charge in [0, 0.05) is 0 Å². The van der Waals surface area contributed by atoms with E-state index >= 15 is 0 Å². The second-order valence-electron chi connectivity index (χ2n) is 2.15. The second-order valence-corrected chi connectivity index (χ2v) is 3.17.